The summed E-state index contributed by atoms with van der Waals surface area (Å²) in [6.45, 7) is 1.07. The van der Waals surface area contributed by atoms with Gasteiger partial charge < -0.3 is 15.2 Å². The van der Waals surface area contributed by atoms with Crippen LogP contribution in [0.5, 0.6) is 11.5 Å². The van der Waals surface area contributed by atoms with Crippen molar-refractivity contribution in [3.8, 4) is 11.5 Å². The molecule has 0 bridgehead atoms. The van der Waals surface area contributed by atoms with Gasteiger partial charge in [0.15, 0.2) is 0 Å². The van der Waals surface area contributed by atoms with Crippen molar-refractivity contribution < 1.29 is 13.9 Å². The molecule has 2 aromatic carbocycles. The van der Waals surface area contributed by atoms with E-state index in [1.54, 1.807) is 19.2 Å². The Bertz CT molecular complexity index is 540. The Morgan fingerprint density at radius 3 is 2.19 bits per heavy atom. The number of halogens is 1. The van der Waals surface area contributed by atoms with Gasteiger partial charge in [0.2, 0.25) is 0 Å². The molecule has 2 aromatic rings. The first-order valence-electron chi connectivity index (χ1n) is 6.95. The van der Waals surface area contributed by atoms with Gasteiger partial charge in [-0.05, 0) is 60.8 Å². The van der Waals surface area contributed by atoms with Gasteiger partial charge in [-0.25, -0.2) is 4.39 Å². The summed E-state index contributed by atoms with van der Waals surface area (Å²) in [5.74, 6) is 1.53. The fourth-order valence-electron chi connectivity index (χ4n) is 2.15. The van der Waals surface area contributed by atoms with E-state index in [2.05, 4.69) is 0 Å². The number of hydrogen-bond acceptors (Lipinski definition) is 3. The van der Waals surface area contributed by atoms with Gasteiger partial charge in [-0.3, -0.25) is 0 Å². The first-order chi connectivity index (χ1) is 10.2. The van der Waals surface area contributed by atoms with Crippen LogP contribution in [0.3, 0.4) is 0 Å². The Morgan fingerprint density at radius 1 is 1.00 bits per heavy atom. The molecule has 2 rings (SSSR count). The van der Waals surface area contributed by atoms with Crippen molar-refractivity contribution in [1.29, 1.82) is 0 Å². The number of hydrogen-bond donors (Lipinski definition) is 1. The van der Waals surface area contributed by atoms with E-state index in [1.807, 2.05) is 24.3 Å². The predicted octanol–water partition coefficient (Wildman–Crippen LogP) is 3.35. The quantitative estimate of drug-likeness (QED) is 0.850. The van der Waals surface area contributed by atoms with Gasteiger partial charge in [0.05, 0.1) is 13.7 Å². The molecule has 1 atom stereocenters. The molecule has 4 heteroatoms. The van der Waals surface area contributed by atoms with E-state index < -0.39 is 0 Å². The topological polar surface area (TPSA) is 44.5 Å². The van der Waals surface area contributed by atoms with Crippen LogP contribution in [-0.2, 0) is 0 Å². The molecule has 0 aliphatic carbocycles. The zero-order valence-corrected chi connectivity index (χ0v) is 12.1. The maximum Gasteiger partial charge on any atom is 0.123 e. The first kappa shape index (κ1) is 15.3. The van der Waals surface area contributed by atoms with E-state index in [0.29, 0.717) is 13.2 Å². The number of methoxy groups -OCH3 is 1. The lowest BCUT2D eigenvalue weighted by molar-refractivity contribution is 0.297. The van der Waals surface area contributed by atoms with Crippen LogP contribution in [-0.4, -0.2) is 20.3 Å². The van der Waals surface area contributed by atoms with Crippen molar-refractivity contribution in [2.75, 3.05) is 20.3 Å². The Balaban J connectivity index is 1.86. The van der Waals surface area contributed by atoms with Gasteiger partial charge in [0.1, 0.15) is 17.3 Å². The normalized spacial score (nSPS) is 12.0. The summed E-state index contributed by atoms with van der Waals surface area (Å²) in [7, 11) is 1.63. The van der Waals surface area contributed by atoms with Gasteiger partial charge in [0, 0.05) is 0 Å². The average Bonchev–Trinajstić information content (AvgIpc) is 2.53. The monoisotopic (exact) mass is 289 g/mol. The summed E-state index contributed by atoms with van der Waals surface area (Å²) in [6.07, 6.45) is 0.786. The Hall–Kier alpha value is -2.07. The highest BCUT2D eigenvalue weighted by atomic mass is 19.1. The van der Waals surface area contributed by atoms with Crippen molar-refractivity contribution >= 4 is 0 Å². The van der Waals surface area contributed by atoms with Gasteiger partial charge >= 0.3 is 0 Å². The third-order valence-electron chi connectivity index (χ3n) is 3.42. The highest BCUT2D eigenvalue weighted by Gasteiger charge is 2.10. The summed E-state index contributed by atoms with van der Waals surface area (Å²) in [5.41, 5.74) is 6.83. The molecule has 0 radical (unpaired) electrons. The molecule has 0 amide bonds. The molecule has 0 saturated heterocycles. The molecular formula is C17H20FNO2. The predicted molar refractivity (Wildman–Crippen MR) is 81.3 cm³/mol. The molecule has 0 saturated carbocycles. The third-order valence-corrected chi connectivity index (χ3v) is 3.42. The van der Waals surface area contributed by atoms with Crippen molar-refractivity contribution in [3.05, 3.63) is 59.9 Å². The highest BCUT2D eigenvalue weighted by molar-refractivity contribution is 5.31. The Labute approximate surface area is 124 Å². The minimum absolute atomic E-state index is 0.170. The van der Waals surface area contributed by atoms with Crippen molar-refractivity contribution in [1.82, 2.24) is 0 Å². The molecule has 0 spiro atoms. The summed E-state index contributed by atoms with van der Waals surface area (Å²) in [4.78, 5) is 0. The van der Waals surface area contributed by atoms with Crippen molar-refractivity contribution in [2.24, 2.45) is 5.73 Å². The molecular weight excluding hydrogens is 269 g/mol. The number of ether oxygens (including phenoxy) is 2. The van der Waals surface area contributed by atoms with Crippen LogP contribution in [0.2, 0.25) is 0 Å². The largest absolute Gasteiger partial charge is 0.497 e. The summed E-state index contributed by atoms with van der Waals surface area (Å²) >= 11 is 0. The van der Waals surface area contributed by atoms with E-state index in [0.717, 1.165) is 23.5 Å². The minimum Gasteiger partial charge on any atom is -0.497 e. The fourth-order valence-corrected chi connectivity index (χ4v) is 2.15. The maximum atomic E-state index is 12.9. The molecule has 3 nitrogen and oxygen atoms in total. The van der Waals surface area contributed by atoms with Crippen molar-refractivity contribution in [2.45, 2.75) is 12.3 Å². The van der Waals surface area contributed by atoms with Crippen LogP contribution < -0.4 is 15.2 Å². The van der Waals surface area contributed by atoms with Crippen LogP contribution >= 0.6 is 0 Å². The first-order valence-corrected chi connectivity index (χ1v) is 6.95. The fraction of sp³-hybridized carbons (Fsp3) is 0.294. The van der Waals surface area contributed by atoms with Crippen LogP contribution in [0.4, 0.5) is 4.39 Å². The maximum absolute atomic E-state index is 12.9. The molecule has 112 valence electrons. The van der Waals surface area contributed by atoms with Gasteiger partial charge in [-0.2, -0.15) is 0 Å². The molecule has 0 aliphatic rings. The van der Waals surface area contributed by atoms with Crippen LogP contribution in [0.1, 0.15) is 17.9 Å². The highest BCUT2D eigenvalue weighted by Crippen LogP contribution is 2.21. The zero-order valence-electron chi connectivity index (χ0n) is 12.1. The van der Waals surface area contributed by atoms with E-state index in [4.69, 9.17) is 15.2 Å². The van der Waals surface area contributed by atoms with Crippen LogP contribution in [0, 0.1) is 5.82 Å². The SMILES string of the molecule is COc1ccc(OCCC(CN)c2ccc(F)cc2)cc1. The average molecular weight is 289 g/mol. The summed E-state index contributed by atoms with van der Waals surface area (Å²) in [5, 5.41) is 0. The molecule has 1 unspecified atom stereocenters. The molecule has 0 fully saturated rings. The second-order valence-electron chi connectivity index (χ2n) is 4.80. The molecule has 0 aromatic heterocycles. The smallest absolute Gasteiger partial charge is 0.123 e. The molecule has 21 heavy (non-hydrogen) atoms. The molecule has 2 N–H and O–H groups in total. The van der Waals surface area contributed by atoms with Crippen molar-refractivity contribution in [3.63, 3.8) is 0 Å². The third kappa shape index (κ3) is 4.46. The van der Waals surface area contributed by atoms with Gasteiger partial charge in [-0.15, -0.1) is 0 Å². The van der Waals surface area contributed by atoms with E-state index in [-0.39, 0.29) is 11.7 Å². The van der Waals surface area contributed by atoms with Gasteiger partial charge in [0.25, 0.3) is 0 Å². The van der Waals surface area contributed by atoms with Gasteiger partial charge in [-0.1, -0.05) is 12.1 Å². The molecule has 0 aliphatic heterocycles. The van der Waals surface area contributed by atoms with E-state index >= 15 is 0 Å². The Kier molecular flexibility index (Phi) is 5.58. The summed E-state index contributed by atoms with van der Waals surface area (Å²) in [6, 6.07) is 13.9. The lowest BCUT2D eigenvalue weighted by Gasteiger charge is -2.16. The second-order valence-corrected chi connectivity index (χ2v) is 4.80. The van der Waals surface area contributed by atoms with E-state index in [9.17, 15) is 4.39 Å². The summed E-state index contributed by atoms with van der Waals surface area (Å²) < 4.78 is 23.7. The number of nitrogens with two attached hydrogens (primary N) is 1. The lowest BCUT2D eigenvalue weighted by Crippen LogP contribution is -2.15. The molecule has 0 heterocycles. The number of rotatable bonds is 7. The lowest BCUT2D eigenvalue weighted by atomic mass is 9.96. The zero-order chi connectivity index (χ0) is 15.1. The number of benzene rings is 2. The van der Waals surface area contributed by atoms with Crippen LogP contribution in [0.25, 0.3) is 0 Å². The minimum atomic E-state index is -0.232. The Morgan fingerprint density at radius 2 is 1.62 bits per heavy atom. The second kappa shape index (κ2) is 7.64. The standard InChI is InChI=1S/C17H20FNO2/c1-20-16-6-8-17(9-7-16)21-11-10-14(12-19)13-2-4-15(18)5-3-13/h2-9,14H,10-12,19H2,1H3. The van der Waals surface area contributed by atoms with E-state index in [1.165, 1.54) is 12.1 Å². The van der Waals surface area contributed by atoms with Crippen LogP contribution in [0.15, 0.2) is 48.5 Å².